The highest BCUT2D eigenvalue weighted by Crippen LogP contribution is 2.77. The molecule has 6 aliphatic carbocycles. The largest absolute Gasteiger partial charge is 0.481 e. The molecular weight excluding hydrogens is 697 g/mol. The summed E-state index contributed by atoms with van der Waals surface area (Å²) in [6, 6.07) is 0. The molecule has 0 aliphatic heterocycles. The van der Waals surface area contributed by atoms with Gasteiger partial charge in [0.15, 0.2) is 5.78 Å². The number of carboxylic acids is 1. The van der Waals surface area contributed by atoms with Crippen molar-refractivity contribution in [1.29, 1.82) is 0 Å². The summed E-state index contributed by atoms with van der Waals surface area (Å²) in [7, 11) is 0. The maximum Gasteiger partial charge on any atom is 0.309 e. The molecule has 0 saturated heterocycles. The molecule has 54 heavy (non-hydrogen) atoms. The normalized spacial score (nSPS) is 40.6. The van der Waals surface area contributed by atoms with Crippen LogP contribution >= 0.6 is 11.3 Å². The molecule has 10 atom stereocenters. The molecule has 0 bridgehead atoms. The number of aromatic nitrogens is 1. The Morgan fingerprint density at radius 3 is 2.20 bits per heavy atom. The molecule has 0 unspecified atom stereocenters. The Kier molecular flexibility index (Phi) is 9.54. The quantitative estimate of drug-likeness (QED) is 0.253. The minimum Gasteiger partial charge on any atom is -0.481 e. The van der Waals surface area contributed by atoms with Gasteiger partial charge in [0.05, 0.1) is 22.5 Å². The molecule has 0 spiro atoms. The molecule has 6 aliphatic rings. The smallest absolute Gasteiger partial charge is 0.309 e. The van der Waals surface area contributed by atoms with Crippen molar-refractivity contribution in [3.8, 4) is 0 Å². The van der Waals surface area contributed by atoms with Gasteiger partial charge in [0.2, 0.25) is 0 Å². The van der Waals surface area contributed by atoms with Gasteiger partial charge in [-0.05, 0) is 129 Å². The molecule has 1 heterocycles. The van der Waals surface area contributed by atoms with E-state index in [0.717, 1.165) is 74.1 Å². The summed E-state index contributed by atoms with van der Waals surface area (Å²) in [5.74, 6) is -0.191. The molecule has 0 aromatic carbocycles. The number of Topliss-reactive ketones (excluding diaryl/α,β-unsaturated/α-hetero) is 1. The average molecular weight is 763 g/mol. The number of thiazole rings is 1. The van der Waals surface area contributed by atoms with Gasteiger partial charge >= 0.3 is 11.9 Å². The summed E-state index contributed by atoms with van der Waals surface area (Å²) in [6.07, 6.45) is 9.91. The number of hydrogen-bond donors (Lipinski definition) is 2. The SMILES string of the molecule is Cc1nc(C)c(C(=O)NCC[C@@]23CC[C@]4(C)[C@H](CC[C@@H]5[C@@]6(C)CC[C@H](OC(=O)[C@H]7C[C@@H](C(=O)O)C7(C)C)C(C)(C)[C@@H]6CC[C@]54C)C2=C(C(C)C)C(=O)C3)s1. The van der Waals surface area contributed by atoms with E-state index in [-0.39, 0.29) is 56.9 Å². The lowest BCUT2D eigenvalue weighted by molar-refractivity contribution is -0.236. The van der Waals surface area contributed by atoms with Gasteiger partial charge in [-0.2, -0.15) is 0 Å². The highest BCUT2D eigenvalue weighted by atomic mass is 32.1. The number of hydrogen-bond acceptors (Lipinski definition) is 7. The van der Waals surface area contributed by atoms with Crippen LogP contribution in [0.5, 0.6) is 0 Å². The number of esters is 1. The first-order valence-corrected chi connectivity index (χ1v) is 21.8. The highest BCUT2D eigenvalue weighted by Gasteiger charge is 2.70. The van der Waals surface area contributed by atoms with Crippen LogP contribution in [-0.4, -0.2) is 46.4 Å². The molecular formula is C45H66N2O6S. The van der Waals surface area contributed by atoms with Crippen molar-refractivity contribution in [2.75, 3.05) is 6.54 Å². The van der Waals surface area contributed by atoms with E-state index < -0.39 is 17.3 Å². The van der Waals surface area contributed by atoms with E-state index in [1.165, 1.54) is 16.9 Å². The molecule has 1 aromatic rings. The molecule has 7 rings (SSSR count). The van der Waals surface area contributed by atoms with Crippen LogP contribution in [0.2, 0.25) is 0 Å². The Labute approximate surface area is 327 Å². The Bertz CT molecular complexity index is 1790. The Balaban J connectivity index is 1.12. The lowest BCUT2D eigenvalue weighted by Gasteiger charge is -2.72. The summed E-state index contributed by atoms with van der Waals surface area (Å²) in [6.45, 7) is 24.9. The van der Waals surface area contributed by atoms with Gasteiger partial charge in [0.25, 0.3) is 5.91 Å². The van der Waals surface area contributed by atoms with Crippen LogP contribution in [0, 0.1) is 81.8 Å². The van der Waals surface area contributed by atoms with E-state index in [9.17, 15) is 24.3 Å². The first kappa shape index (κ1) is 39.7. The van der Waals surface area contributed by atoms with Gasteiger partial charge in [-0.3, -0.25) is 19.2 Å². The Hall–Kier alpha value is -2.55. The van der Waals surface area contributed by atoms with Crippen LogP contribution in [-0.2, 0) is 19.1 Å². The number of allylic oxidation sites excluding steroid dienone is 2. The molecule has 5 fully saturated rings. The van der Waals surface area contributed by atoms with Gasteiger partial charge in [-0.25, -0.2) is 4.98 Å². The number of ether oxygens (including phenoxy) is 1. The topological polar surface area (TPSA) is 123 Å². The van der Waals surface area contributed by atoms with Crippen molar-refractivity contribution in [1.82, 2.24) is 10.3 Å². The van der Waals surface area contributed by atoms with E-state index in [1.807, 2.05) is 27.7 Å². The van der Waals surface area contributed by atoms with Crippen LogP contribution in [0.3, 0.4) is 0 Å². The fourth-order valence-corrected chi connectivity index (χ4v) is 15.3. The lowest BCUT2D eigenvalue weighted by atomic mass is 9.33. The predicted octanol–water partition coefficient (Wildman–Crippen LogP) is 9.52. The highest BCUT2D eigenvalue weighted by molar-refractivity contribution is 7.13. The third kappa shape index (κ3) is 5.56. The number of aryl methyl sites for hydroxylation is 2. The van der Waals surface area contributed by atoms with Crippen molar-refractivity contribution in [3.05, 3.63) is 26.7 Å². The molecule has 9 heteroatoms. The number of nitrogens with zero attached hydrogens (tertiary/aromatic N) is 1. The first-order valence-electron chi connectivity index (χ1n) is 21.0. The number of aliphatic carboxylic acids is 1. The van der Waals surface area contributed by atoms with Crippen molar-refractivity contribution in [2.24, 2.45) is 68.0 Å². The van der Waals surface area contributed by atoms with Crippen molar-refractivity contribution < 1.29 is 29.0 Å². The predicted molar refractivity (Wildman–Crippen MR) is 211 cm³/mol. The molecule has 298 valence electrons. The number of fused-ring (bicyclic) bond motifs is 7. The second kappa shape index (κ2) is 13.0. The van der Waals surface area contributed by atoms with Gasteiger partial charge in [0, 0.05) is 23.8 Å². The summed E-state index contributed by atoms with van der Waals surface area (Å²) < 4.78 is 6.42. The van der Waals surface area contributed by atoms with Gasteiger partial charge in [0.1, 0.15) is 11.0 Å². The summed E-state index contributed by atoms with van der Waals surface area (Å²) in [5, 5.41) is 13.8. The number of rotatable bonds is 8. The maximum absolute atomic E-state index is 14.0. The zero-order valence-electron chi connectivity index (χ0n) is 34.9. The molecule has 8 nitrogen and oxygen atoms in total. The summed E-state index contributed by atoms with van der Waals surface area (Å²) in [4.78, 5) is 57.8. The van der Waals surface area contributed by atoms with Crippen LogP contribution in [0.15, 0.2) is 11.1 Å². The molecule has 1 aromatic heterocycles. The number of carboxylic acid groups (broad SMARTS) is 1. The fraction of sp³-hybridized carbons (Fsp3) is 0.800. The van der Waals surface area contributed by atoms with E-state index in [4.69, 9.17) is 4.74 Å². The molecule has 5 saturated carbocycles. The van der Waals surface area contributed by atoms with Gasteiger partial charge in [-0.15, -0.1) is 11.3 Å². The summed E-state index contributed by atoms with van der Waals surface area (Å²) in [5.41, 5.74) is 2.57. The number of ketones is 1. The van der Waals surface area contributed by atoms with Crippen LogP contribution in [0.4, 0.5) is 0 Å². The van der Waals surface area contributed by atoms with Crippen molar-refractivity contribution in [3.63, 3.8) is 0 Å². The van der Waals surface area contributed by atoms with E-state index in [1.54, 1.807) is 0 Å². The standard InChI is InChI=1S/C45H66N2O6S/c1-24(2)34-30(48)23-45(20-21-46-37(49)36-25(3)47-26(4)54-36)19-18-43(10)27(35(34)45)12-13-32-42(9)16-15-33(41(7,8)31(42)14-17-44(32,43)11)53-39(52)29-22-28(38(50)51)40(29,5)6/h24,27-29,31-33H,12-23H2,1-11H3,(H,46,49)(H,50,51)/t27-,28+,29-,31+,32-,33+,42+,43-,44-,45-/m1/s1. The monoisotopic (exact) mass is 762 g/mol. The minimum absolute atomic E-state index is 0.0535. The Morgan fingerprint density at radius 2 is 1.59 bits per heavy atom. The Morgan fingerprint density at radius 1 is 0.889 bits per heavy atom. The third-order valence-corrected chi connectivity index (χ3v) is 18.7. The zero-order chi connectivity index (χ0) is 39.6. The lowest BCUT2D eigenvalue weighted by Crippen LogP contribution is -2.66. The van der Waals surface area contributed by atoms with E-state index in [0.29, 0.717) is 47.8 Å². The minimum atomic E-state index is -0.826. The van der Waals surface area contributed by atoms with Crippen molar-refractivity contribution in [2.45, 2.75) is 153 Å². The molecule has 0 radical (unpaired) electrons. The molecule has 2 N–H and O–H groups in total. The van der Waals surface area contributed by atoms with Crippen molar-refractivity contribution >= 4 is 35.0 Å². The van der Waals surface area contributed by atoms with Crippen LogP contribution in [0.1, 0.15) is 153 Å². The fourth-order valence-electron chi connectivity index (χ4n) is 14.4. The van der Waals surface area contributed by atoms with Gasteiger partial charge < -0.3 is 15.2 Å². The number of nitrogens with one attached hydrogen (secondary N) is 1. The van der Waals surface area contributed by atoms with Crippen LogP contribution < -0.4 is 5.32 Å². The maximum atomic E-state index is 14.0. The summed E-state index contributed by atoms with van der Waals surface area (Å²) >= 11 is 1.44. The third-order valence-electron chi connectivity index (χ3n) is 17.6. The number of carbonyl (C=O) groups excluding carboxylic acids is 3. The number of amides is 1. The first-order chi connectivity index (χ1) is 25.0. The van der Waals surface area contributed by atoms with E-state index in [2.05, 4.69) is 58.8 Å². The van der Waals surface area contributed by atoms with Crippen LogP contribution in [0.25, 0.3) is 0 Å². The molecule has 1 amide bonds. The zero-order valence-corrected chi connectivity index (χ0v) is 35.7. The second-order valence-corrected chi connectivity index (χ2v) is 22.1. The van der Waals surface area contributed by atoms with Gasteiger partial charge in [-0.1, -0.05) is 67.9 Å². The average Bonchev–Trinajstić information content (AvgIpc) is 3.56. The van der Waals surface area contributed by atoms with E-state index >= 15 is 0 Å². The second-order valence-electron chi connectivity index (χ2n) is 20.9. The number of carbonyl (C=O) groups is 4.